The molecule has 0 atom stereocenters. The monoisotopic (exact) mass is 254 g/mol. The van der Waals surface area contributed by atoms with E-state index in [1.807, 2.05) is 26.0 Å². The summed E-state index contributed by atoms with van der Waals surface area (Å²) in [4.78, 5) is 4.46. The quantitative estimate of drug-likeness (QED) is 0.836. The van der Waals surface area contributed by atoms with Crippen LogP contribution in [-0.4, -0.2) is 4.98 Å². The second-order valence-electron chi connectivity index (χ2n) is 3.77. The fraction of sp³-hybridized carbons (Fsp3) is 0.250. The summed E-state index contributed by atoms with van der Waals surface area (Å²) in [6, 6.07) is 3.67. The van der Waals surface area contributed by atoms with Crippen LogP contribution in [0, 0.1) is 6.92 Å². The van der Waals surface area contributed by atoms with Gasteiger partial charge in [0.2, 0.25) is 0 Å². The van der Waals surface area contributed by atoms with Crippen molar-refractivity contribution >= 4 is 39.8 Å². The van der Waals surface area contributed by atoms with Gasteiger partial charge in [0, 0.05) is 16.8 Å². The Morgan fingerprint density at radius 2 is 2.00 bits per heavy atom. The van der Waals surface area contributed by atoms with Crippen LogP contribution in [-0.2, 0) is 6.42 Å². The number of benzene rings is 1. The zero-order chi connectivity index (χ0) is 11.9. The van der Waals surface area contributed by atoms with E-state index in [4.69, 9.17) is 28.9 Å². The van der Waals surface area contributed by atoms with Crippen LogP contribution in [0.1, 0.15) is 18.2 Å². The number of aromatic nitrogens is 1. The number of fused-ring (bicyclic) bond motifs is 1. The predicted molar refractivity (Wildman–Crippen MR) is 70.3 cm³/mol. The van der Waals surface area contributed by atoms with Crippen LogP contribution in [0.5, 0.6) is 0 Å². The minimum atomic E-state index is 0.596. The lowest BCUT2D eigenvalue weighted by Gasteiger charge is -2.10. The van der Waals surface area contributed by atoms with E-state index in [-0.39, 0.29) is 0 Å². The number of anilines is 1. The minimum absolute atomic E-state index is 0.596. The first-order valence-electron chi connectivity index (χ1n) is 5.08. The van der Waals surface area contributed by atoms with Crippen LogP contribution in [0.2, 0.25) is 10.0 Å². The van der Waals surface area contributed by atoms with Crippen molar-refractivity contribution in [2.24, 2.45) is 0 Å². The molecule has 0 bridgehead atoms. The van der Waals surface area contributed by atoms with Crippen LogP contribution in [0.3, 0.4) is 0 Å². The van der Waals surface area contributed by atoms with Crippen molar-refractivity contribution in [3.63, 3.8) is 0 Å². The number of nitrogens with zero attached hydrogens (tertiary/aromatic N) is 1. The Labute approximate surface area is 104 Å². The molecule has 0 aliphatic carbocycles. The molecule has 4 heteroatoms. The minimum Gasteiger partial charge on any atom is -0.398 e. The van der Waals surface area contributed by atoms with Gasteiger partial charge in [-0.25, -0.2) is 0 Å². The summed E-state index contributed by atoms with van der Waals surface area (Å²) in [5.41, 5.74) is 9.15. The van der Waals surface area contributed by atoms with Crippen molar-refractivity contribution < 1.29 is 0 Å². The second kappa shape index (κ2) is 4.11. The lowest BCUT2D eigenvalue weighted by molar-refractivity contribution is 1.06. The third-order valence-corrected chi connectivity index (χ3v) is 3.38. The fourth-order valence-electron chi connectivity index (χ4n) is 1.72. The highest BCUT2D eigenvalue weighted by Crippen LogP contribution is 2.35. The Morgan fingerprint density at radius 1 is 1.31 bits per heavy atom. The summed E-state index contributed by atoms with van der Waals surface area (Å²) in [6.45, 7) is 3.93. The molecular weight excluding hydrogens is 243 g/mol. The zero-order valence-electron chi connectivity index (χ0n) is 9.14. The van der Waals surface area contributed by atoms with Crippen LogP contribution >= 0.6 is 23.2 Å². The maximum absolute atomic E-state index is 6.22. The number of rotatable bonds is 1. The number of nitrogen functional groups attached to an aromatic ring is 1. The molecule has 0 unspecified atom stereocenters. The van der Waals surface area contributed by atoms with E-state index in [1.54, 1.807) is 0 Å². The molecule has 0 aliphatic heterocycles. The number of nitrogens with two attached hydrogens (primary N) is 1. The van der Waals surface area contributed by atoms with Gasteiger partial charge in [-0.3, -0.25) is 4.98 Å². The van der Waals surface area contributed by atoms with Crippen molar-refractivity contribution in [2.45, 2.75) is 20.3 Å². The van der Waals surface area contributed by atoms with Gasteiger partial charge >= 0.3 is 0 Å². The van der Waals surface area contributed by atoms with Crippen molar-refractivity contribution in [1.82, 2.24) is 4.98 Å². The van der Waals surface area contributed by atoms with Gasteiger partial charge in [0.1, 0.15) is 0 Å². The number of aryl methyl sites for hydroxylation is 2. The van der Waals surface area contributed by atoms with E-state index in [9.17, 15) is 0 Å². The fourth-order valence-corrected chi connectivity index (χ4v) is 2.28. The summed E-state index contributed by atoms with van der Waals surface area (Å²) in [7, 11) is 0. The van der Waals surface area contributed by atoms with Crippen molar-refractivity contribution in [3.05, 3.63) is 33.4 Å². The average molecular weight is 255 g/mol. The number of pyridine rings is 1. The van der Waals surface area contributed by atoms with Gasteiger partial charge < -0.3 is 5.73 Å². The molecule has 2 aromatic rings. The summed E-state index contributed by atoms with van der Waals surface area (Å²) in [6.07, 6.45) is 0.821. The highest BCUT2D eigenvalue weighted by Gasteiger charge is 2.12. The highest BCUT2D eigenvalue weighted by molar-refractivity contribution is 6.41. The third kappa shape index (κ3) is 1.72. The maximum atomic E-state index is 6.22. The predicted octanol–water partition coefficient (Wildman–Crippen LogP) is 3.99. The lowest BCUT2D eigenvalue weighted by atomic mass is 10.1. The van der Waals surface area contributed by atoms with Crippen LogP contribution in [0.15, 0.2) is 12.1 Å². The smallest absolute Gasteiger partial charge is 0.0927 e. The van der Waals surface area contributed by atoms with Crippen LogP contribution in [0.4, 0.5) is 5.69 Å². The molecule has 2 nitrogen and oxygen atoms in total. The molecule has 0 fully saturated rings. The summed E-state index contributed by atoms with van der Waals surface area (Å²) >= 11 is 12.4. The Morgan fingerprint density at radius 3 is 2.62 bits per heavy atom. The Bertz CT molecular complexity index is 565. The molecular formula is C12H12Cl2N2. The van der Waals surface area contributed by atoms with Gasteiger partial charge in [-0.15, -0.1) is 0 Å². The van der Waals surface area contributed by atoms with E-state index in [0.29, 0.717) is 21.2 Å². The first-order chi connectivity index (χ1) is 7.54. The number of hydrogen-bond acceptors (Lipinski definition) is 2. The Balaban J connectivity index is 2.94. The standard InChI is InChI=1S/C12H12Cl2N2/c1-3-7-5-9(15)10-11(14)6(2)4-8(13)12(10)16-7/h4-5H,3H2,1-2H3,(H2,15,16). The summed E-state index contributed by atoms with van der Waals surface area (Å²) in [5.74, 6) is 0. The molecule has 2 rings (SSSR count). The second-order valence-corrected chi connectivity index (χ2v) is 4.55. The van der Waals surface area contributed by atoms with Crippen molar-refractivity contribution in [3.8, 4) is 0 Å². The van der Waals surface area contributed by atoms with Gasteiger partial charge in [-0.1, -0.05) is 30.1 Å². The maximum Gasteiger partial charge on any atom is 0.0927 e. The lowest BCUT2D eigenvalue weighted by Crippen LogP contribution is -1.96. The summed E-state index contributed by atoms with van der Waals surface area (Å²) in [5, 5.41) is 1.98. The summed E-state index contributed by atoms with van der Waals surface area (Å²) < 4.78 is 0. The van der Waals surface area contributed by atoms with Gasteiger partial charge in [-0.2, -0.15) is 0 Å². The van der Waals surface area contributed by atoms with Crippen LogP contribution in [0.25, 0.3) is 10.9 Å². The Kier molecular flexibility index (Phi) is 2.96. The molecule has 0 saturated carbocycles. The zero-order valence-corrected chi connectivity index (χ0v) is 10.7. The van der Waals surface area contributed by atoms with Crippen LogP contribution < -0.4 is 5.73 Å². The molecule has 0 spiro atoms. The molecule has 2 N–H and O–H groups in total. The highest BCUT2D eigenvalue weighted by atomic mass is 35.5. The average Bonchev–Trinajstić information content (AvgIpc) is 2.25. The van der Waals surface area contributed by atoms with Gasteiger partial charge in [0.25, 0.3) is 0 Å². The molecule has 0 aliphatic rings. The van der Waals surface area contributed by atoms with E-state index in [2.05, 4.69) is 4.98 Å². The van der Waals surface area contributed by atoms with E-state index < -0.39 is 0 Å². The van der Waals surface area contributed by atoms with Crippen molar-refractivity contribution in [1.29, 1.82) is 0 Å². The largest absolute Gasteiger partial charge is 0.398 e. The van der Waals surface area contributed by atoms with Gasteiger partial charge in [0.05, 0.1) is 15.6 Å². The third-order valence-electron chi connectivity index (χ3n) is 2.60. The topological polar surface area (TPSA) is 38.9 Å². The van der Waals surface area contributed by atoms with E-state index >= 15 is 0 Å². The molecule has 1 aromatic carbocycles. The van der Waals surface area contributed by atoms with Gasteiger partial charge in [0.15, 0.2) is 0 Å². The molecule has 0 radical (unpaired) electrons. The number of hydrogen-bond donors (Lipinski definition) is 1. The molecule has 84 valence electrons. The SMILES string of the molecule is CCc1cc(N)c2c(Cl)c(C)cc(Cl)c2n1. The van der Waals surface area contributed by atoms with E-state index in [1.165, 1.54) is 0 Å². The Hall–Kier alpha value is -0.990. The molecule has 1 heterocycles. The molecule has 16 heavy (non-hydrogen) atoms. The first kappa shape index (κ1) is 11.5. The normalized spacial score (nSPS) is 11.0. The van der Waals surface area contributed by atoms with Gasteiger partial charge in [-0.05, 0) is 31.0 Å². The molecule has 0 saturated heterocycles. The number of halogens is 2. The molecule has 0 amide bonds. The van der Waals surface area contributed by atoms with Crippen molar-refractivity contribution in [2.75, 3.05) is 5.73 Å². The van der Waals surface area contributed by atoms with E-state index in [0.717, 1.165) is 23.1 Å². The first-order valence-corrected chi connectivity index (χ1v) is 5.84. The molecule has 1 aromatic heterocycles.